The van der Waals surface area contributed by atoms with Crippen molar-refractivity contribution in [3.8, 4) is 5.75 Å². The summed E-state index contributed by atoms with van der Waals surface area (Å²) < 4.78 is 6.69. The summed E-state index contributed by atoms with van der Waals surface area (Å²) in [4.78, 5) is 0. The molecule has 0 aliphatic heterocycles. The van der Waals surface area contributed by atoms with Crippen LogP contribution >= 0.6 is 27.5 Å². The Morgan fingerprint density at radius 3 is 2.56 bits per heavy atom. The number of halogens is 2. The Bertz CT molecular complexity index is 336. The van der Waals surface area contributed by atoms with Gasteiger partial charge in [0.15, 0.2) is 0 Å². The molecular formula is C13H16BrClO. The van der Waals surface area contributed by atoms with Gasteiger partial charge < -0.3 is 4.74 Å². The molecule has 1 aromatic carbocycles. The van der Waals surface area contributed by atoms with E-state index in [4.69, 9.17) is 16.3 Å². The molecule has 1 unspecified atom stereocenters. The minimum Gasteiger partial charge on any atom is -0.494 e. The molecule has 0 aliphatic carbocycles. The van der Waals surface area contributed by atoms with Gasteiger partial charge in [0.05, 0.1) is 6.61 Å². The third-order valence-electron chi connectivity index (χ3n) is 2.55. The summed E-state index contributed by atoms with van der Waals surface area (Å²) in [6.07, 6.45) is 2.76. The Kier molecular flexibility index (Phi) is 5.36. The van der Waals surface area contributed by atoms with Crippen LogP contribution in [-0.2, 0) is 0 Å². The van der Waals surface area contributed by atoms with Crippen molar-refractivity contribution >= 4 is 27.5 Å². The van der Waals surface area contributed by atoms with Gasteiger partial charge >= 0.3 is 0 Å². The molecule has 0 fully saturated rings. The zero-order valence-electron chi connectivity index (χ0n) is 9.38. The molecule has 0 heterocycles. The van der Waals surface area contributed by atoms with E-state index >= 15 is 0 Å². The fourth-order valence-electron chi connectivity index (χ4n) is 1.16. The number of benzene rings is 1. The first-order valence-corrected chi connectivity index (χ1v) is 6.50. The predicted octanol–water partition coefficient (Wildman–Crippen LogP) is 4.65. The number of allylic oxidation sites excluding steroid dienone is 1. The van der Waals surface area contributed by atoms with Crippen LogP contribution in [0, 0.1) is 5.41 Å². The molecule has 0 bridgehead atoms. The fraction of sp³-hybridized carbons (Fsp3) is 0.385. The zero-order valence-corrected chi connectivity index (χ0v) is 11.7. The summed E-state index contributed by atoms with van der Waals surface area (Å²) in [5.41, 5.74) is -0.0447. The van der Waals surface area contributed by atoms with Gasteiger partial charge in [-0.15, -0.1) is 18.2 Å². The van der Waals surface area contributed by atoms with Crippen molar-refractivity contribution in [3.05, 3.63) is 41.4 Å². The van der Waals surface area contributed by atoms with E-state index in [1.54, 1.807) is 0 Å². The molecule has 0 N–H and O–H groups in total. The van der Waals surface area contributed by atoms with Crippen LogP contribution in [-0.4, -0.2) is 12.5 Å². The lowest BCUT2D eigenvalue weighted by Gasteiger charge is -2.22. The van der Waals surface area contributed by atoms with Crippen molar-refractivity contribution in [2.45, 2.75) is 13.3 Å². The average molecular weight is 304 g/mol. The number of hydrogen-bond acceptors (Lipinski definition) is 1. The second-order valence-electron chi connectivity index (χ2n) is 4.04. The zero-order chi connectivity index (χ0) is 12.0. The first kappa shape index (κ1) is 13.6. The maximum Gasteiger partial charge on any atom is 0.119 e. The first-order chi connectivity index (χ1) is 7.59. The molecule has 3 heteroatoms. The van der Waals surface area contributed by atoms with E-state index in [-0.39, 0.29) is 5.41 Å². The van der Waals surface area contributed by atoms with Crippen LogP contribution < -0.4 is 4.74 Å². The van der Waals surface area contributed by atoms with E-state index in [2.05, 4.69) is 29.4 Å². The lowest BCUT2D eigenvalue weighted by Crippen LogP contribution is -2.18. The summed E-state index contributed by atoms with van der Waals surface area (Å²) in [5.74, 6) is 1.45. The molecule has 1 atom stereocenters. The van der Waals surface area contributed by atoms with Crippen molar-refractivity contribution in [1.82, 2.24) is 0 Å². The van der Waals surface area contributed by atoms with Gasteiger partial charge in [0.25, 0.3) is 0 Å². The second-order valence-corrected chi connectivity index (χ2v) is 5.23. The molecule has 0 radical (unpaired) electrons. The quantitative estimate of drug-likeness (QED) is 0.549. The molecule has 0 aromatic heterocycles. The summed E-state index contributed by atoms with van der Waals surface area (Å²) in [6.45, 7) is 6.53. The van der Waals surface area contributed by atoms with E-state index in [1.165, 1.54) is 0 Å². The molecular weight excluding hydrogens is 287 g/mol. The van der Waals surface area contributed by atoms with Gasteiger partial charge in [-0.2, -0.15) is 0 Å². The molecule has 0 spiro atoms. The molecule has 0 saturated carbocycles. The highest BCUT2D eigenvalue weighted by Gasteiger charge is 2.18. The van der Waals surface area contributed by atoms with Gasteiger partial charge in [-0.05, 0) is 30.7 Å². The van der Waals surface area contributed by atoms with Gasteiger partial charge in [0.1, 0.15) is 5.75 Å². The van der Waals surface area contributed by atoms with Gasteiger partial charge in [-0.3, -0.25) is 0 Å². The molecule has 1 rings (SSSR count). The van der Waals surface area contributed by atoms with E-state index < -0.39 is 0 Å². The Balaban J connectivity index is 2.41. The highest BCUT2D eigenvalue weighted by atomic mass is 79.9. The summed E-state index contributed by atoms with van der Waals surface area (Å²) >= 11 is 9.26. The minimum atomic E-state index is -0.0447. The van der Waals surface area contributed by atoms with Crippen molar-refractivity contribution < 1.29 is 4.74 Å². The van der Waals surface area contributed by atoms with Crippen molar-refractivity contribution in [2.75, 3.05) is 12.5 Å². The molecule has 16 heavy (non-hydrogen) atoms. The Morgan fingerprint density at radius 1 is 1.44 bits per heavy atom. The predicted molar refractivity (Wildman–Crippen MR) is 73.3 cm³/mol. The van der Waals surface area contributed by atoms with Crippen LogP contribution in [0.3, 0.4) is 0 Å². The van der Waals surface area contributed by atoms with E-state index in [0.717, 1.165) is 16.6 Å². The highest BCUT2D eigenvalue weighted by Crippen LogP contribution is 2.25. The van der Waals surface area contributed by atoms with Crippen molar-refractivity contribution in [3.63, 3.8) is 0 Å². The first-order valence-electron chi connectivity index (χ1n) is 5.17. The van der Waals surface area contributed by atoms with Crippen LogP contribution in [0.5, 0.6) is 5.75 Å². The number of ether oxygens (including phenoxy) is 1. The summed E-state index contributed by atoms with van der Waals surface area (Å²) in [6, 6.07) is 7.80. The van der Waals surface area contributed by atoms with Crippen LogP contribution in [0.15, 0.2) is 41.4 Å². The van der Waals surface area contributed by atoms with Crippen LogP contribution in [0.4, 0.5) is 0 Å². The lowest BCUT2D eigenvalue weighted by atomic mass is 9.90. The third-order valence-corrected chi connectivity index (χ3v) is 3.69. The minimum absolute atomic E-state index is 0.0447. The van der Waals surface area contributed by atoms with E-state index in [9.17, 15) is 0 Å². The molecule has 0 amide bonds. The second kappa shape index (κ2) is 6.31. The van der Waals surface area contributed by atoms with Gasteiger partial charge in [0, 0.05) is 15.8 Å². The largest absolute Gasteiger partial charge is 0.494 e. The summed E-state index contributed by atoms with van der Waals surface area (Å²) in [7, 11) is 0. The lowest BCUT2D eigenvalue weighted by molar-refractivity contribution is 0.262. The maximum absolute atomic E-state index is 5.88. The normalized spacial score (nSPS) is 14.2. The fourth-order valence-corrected chi connectivity index (χ4v) is 1.66. The smallest absolute Gasteiger partial charge is 0.119 e. The molecule has 0 saturated heterocycles. The Morgan fingerprint density at radius 2 is 2.06 bits per heavy atom. The van der Waals surface area contributed by atoms with Crippen LogP contribution in [0.2, 0.25) is 0 Å². The van der Waals surface area contributed by atoms with E-state index in [0.29, 0.717) is 12.5 Å². The van der Waals surface area contributed by atoms with Gasteiger partial charge in [0.2, 0.25) is 0 Å². The van der Waals surface area contributed by atoms with E-state index in [1.807, 2.05) is 30.3 Å². The number of hydrogen-bond donors (Lipinski definition) is 0. The van der Waals surface area contributed by atoms with Gasteiger partial charge in [-0.1, -0.05) is 28.9 Å². The van der Waals surface area contributed by atoms with Gasteiger partial charge in [-0.25, -0.2) is 0 Å². The monoisotopic (exact) mass is 302 g/mol. The molecule has 88 valence electrons. The molecule has 1 nitrogen and oxygen atoms in total. The molecule has 0 aliphatic rings. The Labute approximate surface area is 111 Å². The topological polar surface area (TPSA) is 9.23 Å². The molecule has 1 aromatic rings. The highest BCUT2D eigenvalue weighted by molar-refractivity contribution is 9.10. The number of alkyl halides is 1. The maximum atomic E-state index is 5.88. The SMILES string of the molecule is C=CC(C)(CCl)CCOc1ccc(Br)cc1. The van der Waals surface area contributed by atoms with Crippen molar-refractivity contribution in [1.29, 1.82) is 0 Å². The number of rotatable bonds is 6. The standard InChI is InChI=1S/C13H16BrClO/c1-3-13(2,10-15)8-9-16-12-6-4-11(14)5-7-12/h3-7H,1,8-10H2,2H3. The third kappa shape index (κ3) is 4.18. The van der Waals surface area contributed by atoms with Crippen molar-refractivity contribution in [2.24, 2.45) is 5.41 Å². The summed E-state index contributed by atoms with van der Waals surface area (Å²) in [5, 5.41) is 0. The van der Waals surface area contributed by atoms with Crippen LogP contribution in [0.25, 0.3) is 0 Å². The Hall–Kier alpha value is -0.470. The average Bonchev–Trinajstić information content (AvgIpc) is 2.31. The van der Waals surface area contributed by atoms with Crippen LogP contribution in [0.1, 0.15) is 13.3 Å².